The molecule has 3 fully saturated rings. The number of likely N-dealkylation sites (tertiary alicyclic amines) is 2. The van der Waals surface area contributed by atoms with Crippen LogP contribution in [0.5, 0.6) is 0 Å². The van der Waals surface area contributed by atoms with Gasteiger partial charge in [-0.2, -0.15) is 0 Å². The summed E-state index contributed by atoms with van der Waals surface area (Å²) < 4.78 is 5.27. The van der Waals surface area contributed by atoms with E-state index in [1.54, 1.807) is 0 Å². The molecule has 0 aromatic rings. The van der Waals surface area contributed by atoms with Crippen LogP contribution < -0.4 is 0 Å². The van der Waals surface area contributed by atoms with Crippen molar-refractivity contribution in [2.45, 2.75) is 32.6 Å². The van der Waals surface area contributed by atoms with E-state index in [2.05, 4.69) is 16.7 Å². The maximum Gasteiger partial charge on any atom is 0.225 e. The SMILES string of the molecule is CC1CCCN(C(=O)C2CCN(CC3(CO)COC3)CC2)C1. The van der Waals surface area contributed by atoms with E-state index in [1.165, 1.54) is 6.42 Å². The molecule has 126 valence electrons. The minimum absolute atomic E-state index is 0.0425. The minimum atomic E-state index is -0.0425. The van der Waals surface area contributed by atoms with Crippen molar-refractivity contribution in [3.63, 3.8) is 0 Å². The molecule has 1 N–H and O–H groups in total. The first-order chi connectivity index (χ1) is 10.6. The number of carbonyl (C=O) groups is 1. The van der Waals surface area contributed by atoms with Crippen LogP contribution in [-0.2, 0) is 9.53 Å². The summed E-state index contributed by atoms with van der Waals surface area (Å²) in [5.74, 6) is 1.25. The van der Waals surface area contributed by atoms with E-state index >= 15 is 0 Å². The first-order valence-electron chi connectivity index (χ1n) is 8.82. The Morgan fingerprint density at radius 1 is 1.23 bits per heavy atom. The van der Waals surface area contributed by atoms with Gasteiger partial charge in [-0.3, -0.25) is 4.79 Å². The first-order valence-corrected chi connectivity index (χ1v) is 8.82. The minimum Gasteiger partial charge on any atom is -0.396 e. The molecule has 0 saturated carbocycles. The molecule has 3 heterocycles. The molecule has 1 atom stereocenters. The maximum atomic E-state index is 12.7. The van der Waals surface area contributed by atoms with E-state index in [4.69, 9.17) is 4.74 Å². The summed E-state index contributed by atoms with van der Waals surface area (Å²) in [5.41, 5.74) is -0.0425. The van der Waals surface area contributed by atoms with Crippen LogP contribution in [0.1, 0.15) is 32.6 Å². The summed E-state index contributed by atoms with van der Waals surface area (Å²) in [6.07, 6.45) is 4.34. The Morgan fingerprint density at radius 3 is 2.50 bits per heavy atom. The number of rotatable bonds is 4. The van der Waals surface area contributed by atoms with Gasteiger partial charge >= 0.3 is 0 Å². The molecule has 1 unspecified atom stereocenters. The third-order valence-electron chi connectivity index (χ3n) is 5.62. The molecule has 1 amide bonds. The van der Waals surface area contributed by atoms with Crippen LogP contribution in [0, 0.1) is 17.3 Å². The van der Waals surface area contributed by atoms with E-state index in [-0.39, 0.29) is 17.9 Å². The van der Waals surface area contributed by atoms with Gasteiger partial charge in [-0.05, 0) is 44.7 Å². The summed E-state index contributed by atoms with van der Waals surface area (Å²) in [5, 5.41) is 9.53. The van der Waals surface area contributed by atoms with Gasteiger partial charge in [-0.15, -0.1) is 0 Å². The predicted molar refractivity (Wildman–Crippen MR) is 84.5 cm³/mol. The van der Waals surface area contributed by atoms with Crippen molar-refractivity contribution in [1.82, 2.24) is 9.80 Å². The topological polar surface area (TPSA) is 53.0 Å². The Morgan fingerprint density at radius 2 is 1.95 bits per heavy atom. The number of amides is 1. The van der Waals surface area contributed by atoms with Crippen LogP contribution in [0.3, 0.4) is 0 Å². The lowest BCUT2D eigenvalue weighted by Gasteiger charge is -2.45. The highest BCUT2D eigenvalue weighted by Crippen LogP contribution is 2.30. The summed E-state index contributed by atoms with van der Waals surface area (Å²) >= 11 is 0. The Bertz CT molecular complexity index is 384. The van der Waals surface area contributed by atoms with Crippen LogP contribution in [0.25, 0.3) is 0 Å². The zero-order chi connectivity index (χ0) is 15.6. The van der Waals surface area contributed by atoms with Gasteiger partial charge < -0.3 is 19.6 Å². The lowest BCUT2D eigenvalue weighted by atomic mass is 9.85. The zero-order valence-corrected chi connectivity index (χ0v) is 13.8. The number of hydrogen-bond acceptors (Lipinski definition) is 4. The third-order valence-corrected chi connectivity index (χ3v) is 5.62. The number of aliphatic hydroxyl groups excluding tert-OH is 1. The van der Waals surface area contributed by atoms with Gasteiger partial charge in [0.2, 0.25) is 5.91 Å². The van der Waals surface area contributed by atoms with Crippen molar-refractivity contribution in [3.8, 4) is 0 Å². The molecule has 0 spiro atoms. The van der Waals surface area contributed by atoms with E-state index in [1.807, 2.05) is 0 Å². The van der Waals surface area contributed by atoms with Crippen LogP contribution in [0.15, 0.2) is 0 Å². The fourth-order valence-corrected chi connectivity index (χ4v) is 4.08. The summed E-state index contributed by atoms with van der Waals surface area (Å²) in [4.78, 5) is 17.2. The highest BCUT2D eigenvalue weighted by atomic mass is 16.5. The van der Waals surface area contributed by atoms with Crippen molar-refractivity contribution in [2.75, 3.05) is 52.5 Å². The fraction of sp³-hybridized carbons (Fsp3) is 0.941. The van der Waals surface area contributed by atoms with E-state index < -0.39 is 0 Å². The fourth-order valence-electron chi connectivity index (χ4n) is 4.08. The van der Waals surface area contributed by atoms with Gasteiger partial charge in [-0.25, -0.2) is 0 Å². The molecule has 3 rings (SSSR count). The Labute approximate surface area is 133 Å². The molecule has 0 aliphatic carbocycles. The molecule has 5 heteroatoms. The lowest BCUT2D eigenvalue weighted by molar-refractivity contribution is -0.152. The first kappa shape index (κ1) is 16.2. The van der Waals surface area contributed by atoms with Crippen LogP contribution in [0.2, 0.25) is 0 Å². The van der Waals surface area contributed by atoms with Crippen LogP contribution in [0.4, 0.5) is 0 Å². The molecule has 3 aliphatic rings. The number of ether oxygens (including phenoxy) is 1. The van der Waals surface area contributed by atoms with Crippen molar-refractivity contribution in [3.05, 3.63) is 0 Å². The number of aliphatic hydroxyl groups is 1. The van der Waals surface area contributed by atoms with Gasteiger partial charge in [0.15, 0.2) is 0 Å². The molecule has 0 radical (unpaired) electrons. The lowest BCUT2D eigenvalue weighted by Crippen LogP contribution is -2.55. The second-order valence-electron chi connectivity index (χ2n) is 7.73. The van der Waals surface area contributed by atoms with Gasteiger partial charge in [0.25, 0.3) is 0 Å². The molecule has 0 aromatic heterocycles. The van der Waals surface area contributed by atoms with Gasteiger partial charge in [0.05, 0.1) is 25.2 Å². The van der Waals surface area contributed by atoms with E-state index in [9.17, 15) is 9.90 Å². The zero-order valence-electron chi connectivity index (χ0n) is 13.8. The van der Waals surface area contributed by atoms with Gasteiger partial charge in [0.1, 0.15) is 0 Å². The summed E-state index contributed by atoms with van der Waals surface area (Å²) in [6, 6.07) is 0. The maximum absolute atomic E-state index is 12.7. The molecular formula is C17H30N2O3. The molecule has 3 saturated heterocycles. The quantitative estimate of drug-likeness (QED) is 0.840. The van der Waals surface area contributed by atoms with Gasteiger partial charge in [-0.1, -0.05) is 6.92 Å². The highest BCUT2D eigenvalue weighted by molar-refractivity contribution is 5.79. The molecule has 22 heavy (non-hydrogen) atoms. The smallest absolute Gasteiger partial charge is 0.225 e. The number of piperidine rings is 2. The highest BCUT2D eigenvalue weighted by Gasteiger charge is 2.40. The molecule has 3 aliphatic heterocycles. The van der Waals surface area contributed by atoms with Crippen molar-refractivity contribution in [2.24, 2.45) is 17.3 Å². The number of nitrogens with zero attached hydrogens (tertiary/aromatic N) is 2. The second-order valence-corrected chi connectivity index (χ2v) is 7.73. The number of carbonyl (C=O) groups excluding carboxylic acids is 1. The predicted octanol–water partition coefficient (Wildman–Crippen LogP) is 0.966. The van der Waals surface area contributed by atoms with E-state index in [0.717, 1.165) is 52.0 Å². The largest absolute Gasteiger partial charge is 0.396 e. The third kappa shape index (κ3) is 3.47. The standard InChI is InChI=1S/C17H30N2O3/c1-14-3-2-6-19(9-14)16(21)15-4-7-18(8-5-15)10-17(11-20)12-22-13-17/h14-15,20H,2-13H2,1H3. The average molecular weight is 310 g/mol. The second kappa shape index (κ2) is 6.85. The molecule has 0 aromatic carbocycles. The monoisotopic (exact) mass is 310 g/mol. The van der Waals surface area contributed by atoms with Crippen molar-refractivity contribution < 1.29 is 14.6 Å². The Hall–Kier alpha value is -0.650. The molecule has 5 nitrogen and oxygen atoms in total. The van der Waals surface area contributed by atoms with E-state index in [0.29, 0.717) is 25.0 Å². The van der Waals surface area contributed by atoms with Gasteiger partial charge in [0, 0.05) is 25.6 Å². The molecular weight excluding hydrogens is 280 g/mol. The average Bonchev–Trinajstić information content (AvgIpc) is 2.51. The summed E-state index contributed by atoms with van der Waals surface area (Å²) in [7, 11) is 0. The normalized spacial score (nSPS) is 30.1. The van der Waals surface area contributed by atoms with Crippen LogP contribution >= 0.6 is 0 Å². The van der Waals surface area contributed by atoms with Crippen molar-refractivity contribution in [1.29, 1.82) is 0 Å². The Kier molecular flexibility index (Phi) is 5.05. The Balaban J connectivity index is 1.46. The number of hydrogen-bond donors (Lipinski definition) is 1. The summed E-state index contributed by atoms with van der Waals surface area (Å²) in [6.45, 7) is 8.56. The van der Waals surface area contributed by atoms with Crippen molar-refractivity contribution >= 4 is 5.91 Å². The molecule has 0 bridgehead atoms. The van der Waals surface area contributed by atoms with Crippen LogP contribution in [-0.4, -0.2) is 73.4 Å².